The lowest BCUT2D eigenvalue weighted by Gasteiger charge is -2.21. The molecule has 0 aliphatic heterocycles. The molecule has 0 bridgehead atoms. The van der Waals surface area contributed by atoms with Crippen molar-refractivity contribution in [1.29, 1.82) is 0 Å². The first-order valence-corrected chi connectivity index (χ1v) is 6.36. The van der Waals surface area contributed by atoms with Crippen LogP contribution in [0.3, 0.4) is 0 Å². The van der Waals surface area contributed by atoms with Crippen LogP contribution in [0.1, 0.15) is 32.3 Å². The summed E-state index contributed by atoms with van der Waals surface area (Å²) in [5.74, 6) is 0. The molecule has 0 atom stereocenters. The number of hydrogen-bond acceptors (Lipinski definition) is 2. The number of para-hydroxylation sites is 1. The second-order valence-electron chi connectivity index (χ2n) is 4.18. The van der Waals surface area contributed by atoms with E-state index in [0.717, 1.165) is 25.3 Å². The van der Waals surface area contributed by atoms with E-state index in [4.69, 9.17) is 5.73 Å². The lowest BCUT2D eigenvalue weighted by Crippen LogP contribution is -2.24. The minimum absolute atomic E-state index is 0.954. The highest BCUT2D eigenvalue weighted by Gasteiger charge is 2.06. The molecule has 0 spiro atoms. The number of aliphatic imine (C=N–C) groups is 1. The van der Waals surface area contributed by atoms with Gasteiger partial charge in [0.15, 0.2) is 0 Å². The van der Waals surface area contributed by atoms with Crippen LogP contribution in [0.15, 0.2) is 29.3 Å². The Morgan fingerprint density at radius 1 is 1.18 bits per heavy atom. The Morgan fingerprint density at radius 3 is 2.41 bits per heavy atom. The number of nitrogens with two attached hydrogens (primary N) is 1. The molecule has 0 aliphatic carbocycles. The number of hydrogen-bond donors (Lipinski definition) is 1. The lowest BCUT2D eigenvalue weighted by molar-refractivity contribution is 0.267. The minimum atomic E-state index is 0.954. The van der Waals surface area contributed by atoms with E-state index in [2.05, 4.69) is 35.9 Å². The largest absolute Gasteiger partial charge is 0.390 e. The first-order chi connectivity index (χ1) is 8.31. The summed E-state index contributed by atoms with van der Waals surface area (Å²) in [6.07, 6.45) is 3.73. The van der Waals surface area contributed by atoms with E-state index in [9.17, 15) is 0 Å². The Bertz CT molecular complexity index is 341. The molecule has 17 heavy (non-hydrogen) atoms. The van der Waals surface area contributed by atoms with Crippen molar-refractivity contribution >= 4 is 12.0 Å². The van der Waals surface area contributed by atoms with Crippen molar-refractivity contribution in [3.8, 4) is 0 Å². The summed E-state index contributed by atoms with van der Waals surface area (Å²) in [6.45, 7) is 7.65. The summed E-state index contributed by atoms with van der Waals surface area (Å²) in [5, 5.41) is 0. The van der Waals surface area contributed by atoms with E-state index in [1.54, 1.807) is 0 Å². The Labute approximate surface area is 104 Å². The fourth-order valence-electron chi connectivity index (χ4n) is 1.99. The summed E-state index contributed by atoms with van der Waals surface area (Å²) in [7, 11) is 0. The van der Waals surface area contributed by atoms with Gasteiger partial charge in [0.1, 0.15) is 0 Å². The standard InChI is InChI=1S/C14H23N3/c1-3-9-17(10-4-2)11-13-7-5-6-8-14(13)16-12-15/h5-8,12H,3-4,9-11H2,1-2H3,(H2,15,16). The van der Waals surface area contributed by atoms with Crippen molar-refractivity contribution in [1.82, 2.24) is 4.90 Å². The second-order valence-corrected chi connectivity index (χ2v) is 4.18. The van der Waals surface area contributed by atoms with Crippen LogP contribution < -0.4 is 5.73 Å². The molecule has 0 heterocycles. The van der Waals surface area contributed by atoms with Crippen LogP contribution in [0.4, 0.5) is 5.69 Å². The molecule has 0 aliphatic rings. The van der Waals surface area contributed by atoms with Gasteiger partial charge >= 0.3 is 0 Å². The normalized spacial score (nSPS) is 11.5. The highest BCUT2D eigenvalue weighted by atomic mass is 15.1. The van der Waals surface area contributed by atoms with Crippen LogP contribution in [0, 0.1) is 0 Å². The molecule has 0 saturated carbocycles. The third-order valence-corrected chi connectivity index (χ3v) is 2.68. The van der Waals surface area contributed by atoms with Gasteiger partial charge in [-0.2, -0.15) is 0 Å². The van der Waals surface area contributed by atoms with Gasteiger partial charge in [0.25, 0.3) is 0 Å². The fourth-order valence-corrected chi connectivity index (χ4v) is 1.99. The Kier molecular flexibility index (Phi) is 6.33. The predicted octanol–water partition coefficient (Wildman–Crippen LogP) is 2.93. The highest BCUT2D eigenvalue weighted by molar-refractivity contribution is 5.61. The fraction of sp³-hybridized carbons (Fsp3) is 0.500. The maximum Gasteiger partial charge on any atom is 0.0860 e. The van der Waals surface area contributed by atoms with E-state index >= 15 is 0 Å². The molecule has 1 aromatic rings. The number of nitrogens with zero attached hydrogens (tertiary/aromatic N) is 2. The van der Waals surface area contributed by atoms with E-state index in [-0.39, 0.29) is 0 Å². The number of rotatable bonds is 7. The smallest absolute Gasteiger partial charge is 0.0860 e. The molecule has 1 aromatic carbocycles. The van der Waals surface area contributed by atoms with Gasteiger partial charge in [0.05, 0.1) is 12.0 Å². The summed E-state index contributed by atoms with van der Waals surface area (Å²) >= 11 is 0. The third-order valence-electron chi connectivity index (χ3n) is 2.68. The summed E-state index contributed by atoms with van der Waals surface area (Å²) < 4.78 is 0. The molecule has 1 rings (SSSR count). The quantitative estimate of drug-likeness (QED) is 0.581. The minimum Gasteiger partial charge on any atom is -0.390 e. The molecule has 0 radical (unpaired) electrons. The zero-order chi connectivity index (χ0) is 12.5. The van der Waals surface area contributed by atoms with Crippen molar-refractivity contribution in [2.45, 2.75) is 33.2 Å². The van der Waals surface area contributed by atoms with Crippen molar-refractivity contribution in [3.63, 3.8) is 0 Å². The molecule has 94 valence electrons. The maximum atomic E-state index is 5.37. The zero-order valence-electron chi connectivity index (χ0n) is 10.9. The van der Waals surface area contributed by atoms with Crippen LogP contribution in [-0.2, 0) is 6.54 Å². The van der Waals surface area contributed by atoms with E-state index in [0.29, 0.717) is 0 Å². The van der Waals surface area contributed by atoms with Gasteiger partial charge in [-0.3, -0.25) is 4.90 Å². The molecular weight excluding hydrogens is 210 g/mol. The molecule has 0 fully saturated rings. The van der Waals surface area contributed by atoms with Crippen molar-refractivity contribution in [3.05, 3.63) is 29.8 Å². The SMILES string of the molecule is CCCN(CCC)Cc1ccccc1N=CN. The van der Waals surface area contributed by atoms with E-state index in [1.165, 1.54) is 24.7 Å². The molecule has 0 amide bonds. The monoisotopic (exact) mass is 233 g/mol. The maximum absolute atomic E-state index is 5.37. The molecule has 3 heteroatoms. The third kappa shape index (κ3) is 4.57. The van der Waals surface area contributed by atoms with Gasteiger partial charge in [-0.15, -0.1) is 0 Å². The lowest BCUT2D eigenvalue weighted by atomic mass is 10.1. The molecule has 0 saturated heterocycles. The second kappa shape index (κ2) is 7.85. The van der Waals surface area contributed by atoms with E-state index < -0.39 is 0 Å². The molecular formula is C14H23N3. The molecule has 2 N–H and O–H groups in total. The van der Waals surface area contributed by atoms with Crippen molar-refractivity contribution in [2.24, 2.45) is 10.7 Å². The van der Waals surface area contributed by atoms with Crippen molar-refractivity contribution < 1.29 is 0 Å². The molecule has 0 aromatic heterocycles. The van der Waals surface area contributed by atoms with Gasteiger partial charge in [0.2, 0.25) is 0 Å². The topological polar surface area (TPSA) is 41.6 Å². The average Bonchev–Trinajstić information content (AvgIpc) is 2.33. The van der Waals surface area contributed by atoms with Crippen LogP contribution in [0.5, 0.6) is 0 Å². The number of benzene rings is 1. The summed E-state index contributed by atoms with van der Waals surface area (Å²) in [5.41, 5.74) is 7.60. The summed E-state index contributed by atoms with van der Waals surface area (Å²) in [4.78, 5) is 6.67. The Morgan fingerprint density at radius 2 is 1.82 bits per heavy atom. The summed E-state index contributed by atoms with van der Waals surface area (Å²) in [6, 6.07) is 8.19. The zero-order valence-corrected chi connectivity index (χ0v) is 10.9. The molecule has 3 nitrogen and oxygen atoms in total. The van der Waals surface area contributed by atoms with Gasteiger partial charge in [-0.25, -0.2) is 4.99 Å². The van der Waals surface area contributed by atoms with Gasteiger partial charge in [-0.1, -0.05) is 32.0 Å². The first-order valence-electron chi connectivity index (χ1n) is 6.36. The Hall–Kier alpha value is -1.35. The first kappa shape index (κ1) is 13.7. The van der Waals surface area contributed by atoms with Crippen molar-refractivity contribution in [2.75, 3.05) is 13.1 Å². The van der Waals surface area contributed by atoms with Crippen LogP contribution in [-0.4, -0.2) is 24.3 Å². The average molecular weight is 233 g/mol. The predicted molar refractivity (Wildman–Crippen MR) is 74.6 cm³/mol. The van der Waals surface area contributed by atoms with Crippen LogP contribution in [0.25, 0.3) is 0 Å². The molecule has 0 unspecified atom stereocenters. The Balaban J connectivity index is 2.76. The van der Waals surface area contributed by atoms with Gasteiger partial charge < -0.3 is 5.73 Å². The van der Waals surface area contributed by atoms with Gasteiger partial charge in [0, 0.05) is 6.54 Å². The van der Waals surface area contributed by atoms with Gasteiger partial charge in [-0.05, 0) is 37.6 Å². The van der Waals surface area contributed by atoms with Crippen LogP contribution in [0.2, 0.25) is 0 Å². The highest BCUT2D eigenvalue weighted by Crippen LogP contribution is 2.20. The van der Waals surface area contributed by atoms with E-state index in [1.807, 2.05) is 12.1 Å². The van der Waals surface area contributed by atoms with Crippen LogP contribution >= 0.6 is 0 Å².